The van der Waals surface area contributed by atoms with Crippen LogP contribution in [0.1, 0.15) is 36.7 Å². The van der Waals surface area contributed by atoms with Gasteiger partial charge in [0.15, 0.2) is 11.0 Å². The molecule has 1 amide bonds. The van der Waals surface area contributed by atoms with Crippen LogP contribution in [0.25, 0.3) is 5.69 Å². The Morgan fingerprint density at radius 2 is 1.74 bits per heavy atom. The molecule has 35 heavy (non-hydrogen) atoms. The molecular weight excluding hydrogens is 480 g/mol. The van der Waals surface area contributed by atoms with Crippen LogP contribution in [0.5, 0.6) is 5.75 Å². The number of ether oxygens (including phenoxy) is 1. The smallest absolute Gasteiger partial charge is 0.234 e. The van der Waals surface area contributed by atoms with Crippen molar-refractivity contribution < 1.29 is 9.53 Å². The molecule has 0 aliphatic rings. The van der Waals surface area contributed by atoms with Gasteiger partial charge in [0.2, 0.25) is 5.91 Å². The number of aryl methyl sites for hydroxylation is 1. The van der Waals surface area contributed by atoms with Gasteiger partial charge in [0, 0.05) is 16.4 Å². The molecule has 0 saturated carbocycles. The van der Waals surface area contributed by atoms with Crippen LogP contribution in [-0.2, 0) is 11.4 Å². The predicted molar refractivity (Wildman–Crippen MR) is 142 cm³/mol. The number of anilines is 1. The Balaban J connectivity index is 1.51. The van der Waals surface area contributed by atoms with E-state index in [2.05, 4.69) is 29.4 Å². The maximum atomic E-state index is 12.8. The molecule has 4 rings (SSSR count). The zero-order chi connectivity index (χ0) is 24.8. The van der Waals surface area contributed by atoms with Crippen LogP contribution in [0.15, 0.2) is 78.0 Å². The van der Waals surface area contributed by atoms with Crippen molar-refractivity contribution in [2.24, 2.45) is 0 Å². The number of thioether (sulfide) groups is 1. The molecule has 6 nitrogen and oxygen atoms in total. The van der Waals surface area contributed by atoms with Crippen LogP contribution in [0.3, 0.4) is 0 Å². The van der Waals surface area contributed by atoms with E-state index in [-0.39, 0.29) is 18.3 Å². The third-order valence-electron chi connectivity index (χ3n) is 5.36. The van der Waals surface area contributed by atoms with Gasteiger partial charge in [-0.3, -0.25) is 9.36 Å². The summed E-state index contributed by atoms with van der Waals surface area (Å²) in [6.07, 6.45) is 0. The highest BCUT2D eigenvalue weighted by atomic mass is 35.5. The van der Waals surface area contributed by atoms with Gasteiger partial charge in [-0.1, -0.05) is 73.1 Å². The molecule has 4 aromatic rings. The molecule has 8 heteroatoms. The van der Waals surface area contributed by atoms with E-state index in [4.69, 9.17) is 16.3 Å². The minimum absolute atomic E-state index is 0.105. The second kappa shape index (κ2) is 11.4. The summed E-state index contributed by atoms with van der Waals surface area (Å²) in [6.45, 7) is 6.47. The second-order valence-electron chi connectivity index (χ2n) is 8.39. The molecule has 0 bridgehead atoms. The zero-order valence-corrected chi connectivity index (χ0v) is 21.4. The summed E-state index contributed by atoms with van der Waals surface area (Å²) < 4.78 is 7.84. The number of carbonyl (C=O) groups excluding carboxylic acids is 1. The Morgan fingerprint density at radius 1 is 1.03 bits per heavy atom. The molecular formula is C27H27ClN4O2S. The van der Waals surface area contributed by atoms with Crippen LogP contribution in [-0.4, -0.2) is 26.4 Å². The Labute approximate surface area is 214 Å². The second-order valence-corrected chi connectivity index (χ2v) is 9.77. The minimum atomic E-state index is -0.105. The summed E-state index contributed by atoms with van der Waals surface area (Å²) in [6, 6.07) is 23.1. The van der Waals surface area contributed by atoms with Crippen molar-refractivity contribution in [3.63, 3.8) is 0 Å². The highest BCUT2D eigenvalue weighted by Gasteiger charge is 2.17. The van der Waals surface area contributed by atoms with Crippen molar-refractivity contribution in [3.8, 4) is 11.4 Å². The van der Waals surface area contributed by atoms with Gasteiger partial charge in [-0.15, -0.1) is 10.2 Å². The molecule has 0 fully saturated rings. The molecule has 0 spiro atoms. The third kappa shape index (κ3) is 6.44. The third-order valence-corrected chi connectivity index (χ3v) is 6.54. The van der Waals surface area contributed by atoms with Gasteiger partial charge in [-0.05, 0) is 60.9 Å². The number of amides is 1. The van der Waals surface area contributed by atoms with E-state index >= 15 is 0 Å². The number of hydrogen-bond acceptors (Lipinski definition) is 5. The first-order valence-corrected chi connectivity index (χ1v) is 12.7. The van der Waals surface area contributed by atoms with E-state index in [1.807, 2.05) is 84.3 Å². The van der Waals surface area contributed by atoms with E-state index in [0.29, 0.717) is 21.9 Å². The lowest BCUT2D eigenvalue weighted by Gasteiger charge is -2.14. The maximum Gasteiger partial charge on any atom is 0.234 e. The predicted octanol–water partition coefficient (Wildman–Crippen LogP) is 6.66. The van der Waals surface area contributed by atoms with Gasteiger partial charge in [0.25, 0.3) is 0 Å². The number of hydrogen-bond donors (Lipinski definition) is 1. The number of nitrogens with zero attached hydrogens (tertiary/aromatic N) is 3. The fourth-order valence-electron chi connectivity index (χ4n) is 3.55. The number of rotatable bonds is 9. The number of carbonyl (C=O) groups is 1. The minimum Gasteiger partial charge on any atom is -0.486 e. The van der Waals surface area contributed by atoms with Gasteiger partial charge in [0.05, 0.1) is 5.75 Å². The summed E-state index contributed by atoms with van der Waals surface area (Å²) in [4.78, 5) is 12.8. The van der Waals surface area contributed by atoms with Crippen molar-refractivity contribution in [2.45, 2.75) is 38.5 Å². The standard InChI is InChI=1S/C27H27ClN4O2S/c1-18(2)23-6-4-5-7-24(23)29-26(33)17-35-27-31-30-25(16-34-22-14-8-19(3)9-15-22)32(27)21-12-10-20(28)11-13-21/h4-15,18H,16-17H2,1-3H3,(H,29,33). The van der Waals surface area contributed by atoms with Crippen molar-refractivity contribution in [3.05, 3.63) is 94.8 Å². The molecule has 180 valence electrons. The molecule has 1 aromatic heterocycles. The zero-order valence-electron chi connectivity index (χ0n) is 19.9. The molecule has 0 unspecified atom stereocenters. The van der Waals surface area contributed by atoms with Crippen molar-refractivity contribution in [2.75, 3.05) is 11.1 Å². The van der Waals surface area contributed by atoms with Crippen LogP contribution >= 0.6 is 23.4 Å². The topological polar surface area (TPSA) is 69.0 Å². The average Bonchev–Trinajstić information content (AvgIpc) is 3.26. The Kier molecular flexibility index (Phi) is 8.10. The van der Waals surface area contributed by atoms with Gasteiger partial charge >= 0.3 is 0 Å². The lowest BCUT2D eigenvalue weighted by Crippen LogP contribution is -2.16. The molecule has 0 atom stereocenters. The van der Waals surface area contributed by atoms with Gasteiger partial charge < -0.3 is 10.1 Å². The first-order valence-electron chi connectivity index (χ1n) is 11.3. The normalized spacial score (nSPS) is 11.0. The molecule has 0 radical (unpaired) electrons. The number of nitrogens with one attached hydrogen (secondary N) is 1. The quantitative estimate of drug-likeness (QED) is 0.257. The van der Waals surface area contributed by atoms with Crippen molar-refractivity contribution >= 4 is 35.0 Å². The fraction of sp³-hybridized carbons (Fsp3) is 0.222. The van der Waals surface area contributed by atoms with E-state index in [1.54, 1.807) is 0 Å². The monoisotopic (exact) mass is 506 g/mol. The average molecular weight is 507 g/mol. The van der Waals surface area contributed by atoms with E-state index < -0.39 is 0 Å². The largest absolute Gasteiger partial charge is 0.486 e. The van der Waals surface area contributed by atoms with Gasteiger partial charge in [0.1, 0.15) is 12.4 Å². The van der Waals surface area contributed by atoms with E-state index in [9.17, 15) is 4.79 Å². The number of aromatic nitrogens is 3. The van der Waals surface area contributed by atoms with E-state index in [0.717, 1.165) is 28.3 Å². The fourth-order valence-corrected chi connectivity index (χ4v) is 4.45. The summed E-state index contributed by atoms with van der Waals surface area (Å²) in [7, 11) is 0. The lowest BCUT2D eigenvalue weighted by molar-refractivity contribution is -0.113. The summed E-state index contributed by atoms with van der Waals surface area (Å²) in [5, 5.41) is 13.0. The van der Waals surface area contributed by atoms with Crippen molar-refractivity contribution in [1.82, 2.24) is 14.8 Å². The lowest BCUT2D eigenvalue weighted by atomic mass is 10.0. The Morgan fingerprint density at radius 3 is 2.46 bits per heavy atom. The summed E-state index contributed by atoms with van der Waals surface area (Å²) in [5.41, 5.74) is 3.94. The summed E-state index contributed by atoms with van der Waals surface area (Å²) in [5.74, 6) is 1.77. The molecule has 3 aromatic carbocycles. The van der Waals surface area contributed by atoms with Gasteiger partial charge in [-0.2, -0.15) is 0 Å². The van der Waals surface area contributed by atoms with Crippen LogP contribution in [0, 0.1) is 6.92 Å². The molecule has 0 aliphatic carbocycles. The molecule has 0 saturated heterocycles. The SMILES string of the molecule is Cc1ccc(OCc2nnc(SCC(=O)Nc3ccccc3C(C)C)n2-c2ccc(Cl)cc2)cc1. The maximum absolute atomic E-state index is 12.8. The molecule has 0 aliphatic heterocycles. The van der Waals surface area contributed by atoms with E-state index in [1.165, 1.54) is 11.8 Å². The highest BCUT2D eigenvalue weighted by molar-refractivity contribution is 7.99. The Hall–Kier alpha value is -3.29. The van der Waals surface area contributed by atoms with Crippen molar-refractivity contribution in [1.29, 1.82) is 0 Å². The van der Waals surface area contributed by atoms with Crippen LogP contribution in [0.2, 0.25) is 5.02 Å². The number of para-hydroxylation sites is 1. The summed E-state index contributed by atoms with van der Waals surface area (Å²) >= 11 is 7.42. The Bertz CT molecular complexity index is 1290. The molecule has 1 heterocycles. The number of benzene rings is 3. The first kappa shape index (κ1) is 24.8. The number of halogens is 1. The molecule has 1 N–H and O–H groups in total. The highest BCUT2D eigenvalue weighted by Crippen LogP contribution is 2.26. The van der Waals surface area contributed by atoms with Crippen LogP contribution < -0.4 is 10.1 Å². The van der Waals surface area contributed by atoms with Gasteiger partial charge in [-0.25, -0.2) is 0 Å². The van der Waals surface area contributed by atoms with Crippen LogP contribution in [0.4, 0.5) is 5.69 Å². The first-order chi connectivity index (χ1) is 16.9.